The fraction of sp³-hybridized carbons (Fsp3) is 1.00. The second-order valence-electron chi connectivity index (χ2n) is 3.33. The average molecular weight is 142 g/mol. The van der Waals surface area contributed by atoms with E-state index in [1.165, 1.54) is 19.4 Å². The van der Waals surface area contributed by atoms with Gasteiger partial charge in [0, 0.05) is 0 Å². The summed E-state index contributed by atoms with van der Waals surface area (Å²) < 4.78 is 0. The van der Waals surface area contributed by atoms with E-state index in [9.17, 15) is 0 Å². The monoisotopic (exact) mass is 142 g/mol. The van der Waals surface area contributed by atoms with Crippen LogP contribution in [0, 0.1) is 5.92 Å². The highest BCUT2D eigenvalue weighted by molar-refractivity contribution is 4.74. The van der Waals surface area contributed by atoms with Gasteiger partial charge in [0.25, 0.3) is 0 Å². The van der Waals surface area contributed by atoms with Gasteiger partial charge >= 0.3 is 0 Å². The highest BCUT2D eigenvalue weighted by Crippen LogP contribution is 2.18. The average Bonchev–Trinajstić information content (AvgIpc) is 1.88. The highest BCUT2D eigenvalue weighted by atomic mass is 15.2. The zero-order chi connectivity index (χ0) is 7.56. The molecule has 0 spiro atoms. The summed E-state index contributed by atoms with van der Waals surface area (Å²) in [6, 6.07) is 0. The second-order valence-corrected chi connectivity index (χ2v) is 3.33. The lowest BCUT2D eigenvalue weighted by Gasteiger charge is -2.35. The van der Waals surface area contributed by atoms with E-state index in [-0.39, 0.29) is 0 Å². The molecule has 1 aliphatic rings. The van der Waals surface area contributed by atoms with Gasteiger partial charge < -0.3 is 5.73 Å². The van der Waals surface area contributed by atoms with Crippen molar-refractivity contribution in [1.29, 1.82) is 0 Å². The van der Waals surface area contributed by atoms with Crippen molar-refractivity contribution in [3.63, 3.8) is 0 Å². The summed E-state index contributed by atoms with van der Waals surface area (Å²) >= 11 is 0. The Kier molecular flexibility index (Phi) is 2.69. The van der Waals surface area contributed by atoms with E-state index in [4.69, 9.17) is 5.73 Å². The maximum atomic E-state index is 5.91. The third kappa shape index (κ3) is 1.70. The lowest BCUT2D eigenvalue weighted by atomic mass is 9.97. The molecule has 0 bridgehead atoms. The smallest absolute Gasteiger partial charge is 0.0574 e. The van der Waals surface area contributed by atoms with Crippen molar-refractivity contribution in [2.24, 2.45) is 11.7 Å². The molecule has 0 saturated carbocycles. The molecule has 2 unspecified atom stereocenters. The van der Waals surface area contributed by atoms with Gasteiger partial charge in [-0.2, -0.15) is 0 Å². The van der Waals surface area contributed by atoms with E-state index >= 15 is 0 Å². The molecular weight excluding hydrogens is 124 g/mol. The molecule has 2 heteroatoms. The normalized spacial score (nSPS) is 36.3. The molecule has 0 aromatic heterocycles. The zero-order valence-electron chi connectivity index (χ0n) is 7.01. The summed E-state index contributed by atoms with van der Waals surface area (Å²) in [6.07, 6.45) is 2.82. The first-order chi connectivity index (χ1) is 4.74. The molecule has 1 heterocycles. The molecular formula is C8H18N2. The Bertz CT molecular complexity index is 103. The molecule has 0 aromatic rings. The van der Waals surface area contributed by atoms with Crippen LogP contribution >= 0.6 is 0 Å². The van der Waals surface area contributed by atoms with Gasteiger partial charge in [0.05, 0.1) is 6.17 Å². The molecule has 0 amide bonds. The van der Waals surface area contributed by atoms with Crippen LogP contribution in [0.1, 0.15) is 26.7 Å². The summed E-state index contributed by atoms with van der Waals surface area (Å²) in [7, 11) is 0. The van der Waals surface area contributed by atoms with Gasteiger partial charge in [-0.25, -0.2) is 0 Å². The van der Waals surface area contributed by atoms with Gasteiger partial charge in [-0.3, -0.25) is 4.90 Å². The number of likely N-dealkylation sites (tertiary alicyclic amines) is 1. The Morgan fingerprint density at radius 2 is 2.30 bits per heavy atom. The van der Waals surface area contributed by atoms with Crippen molar-refractivity contribution in [3.05, 3.63) is 0 Å². The van der Waals surface area contributed by atoms with Crippen molar-refractivity contribution in [2.45, 2.75) is 32.9 Å². The number of hydrogen-bond acceptors (Lipinski definition) is 2. The van der Waals surface area contributed by atoms with Gasteiger partial charge in [-0.05, 0) is 31.8 Å². The standard InChI is InChI=1S/C8H18N2/c1-3-10-5-4-7(2)6-8(10)9/h7-8H,3-6,9H2,1-2H3. The number of rotatable bonds is 1. The molecule has 1 aliphatic heterocycles. The molecule has 2 atom stereocenters. The van der Waals surface area contributed by atoms with E-state index in [2.05, 4.69) is 18.7 Å². The second kappa shape index (κ2) is 3.35. The molecule has 10 heavy (non-hydrogen) atoms. The minimum atomic E-state index is 0.328. The number of nitrogens with two attached hydrogens (primary N) is 1. The van der Waals surface area contributed by atoms with Gasteiger partial charge in [-0.1, -0.05) is 13.8 Å². The lowest BCUT2D eigenvalue weighted by Crippen LogP contribution is -2.47. The fourth-order valence-corrected chi connectivity index (χ4v) is 1.62. The van der Waals surface area contributed by atoms with Crippen LogP contribution in [0.15, 0.2) is 0 Å². The first-order valence-corrected chi connectivity index (χ1v) is 4.23. The van der Waals surface area contributed by atoms with Crippen LogP contribution in [0.3, 0.4) is 0 Å². The van der Waals surface area contributed by atoms with Crippen LogP contribution in [-0.2, 0) is 0 Å². The summed E-state index contributed by atoms with van der Waals surface area (Å²) in [4.78, 5) is 2.35. The molecule has 1 saturated heterocycles. The maximum Gasteiger partial charge on any atom is 0.0574 e. The molecule has 60 valence electrons. The van der Waals surface area contributed by atoms with Gasteiger partial charge in [0.15, 0.2) is 0 Å². The van der Waals surface area contributed by atoms with E-state index in [1.807, 2.05) is 0 Å². The topological polar surface area (TPSA) is 29.3 Å². The van der Waals surface area contributed by atoms with Crippen LogP contribution < -0.4 is 5.73 Å². The Hall–Kier alpha value is -0.0800. The van der Waals surface area contributed by atoms with E-state index in [1.54, 1.807) is 0 Å². The van der Waals surface area contributed by atoms with Crippen molar-refractivity contribution in [3.8, 4) is 0 Å². The van der Waals surface area contributed by atoms with E-state index < -0.39 is 0 Å². The highest BCUT2D eigenvalue weighted by Gasteiger charge is 2.21. The van der Waals surface area contributed by atoms with Crippen molar-refractivity contribution in [2.75, 3.05) is 13.1 Å². The zero-order valence-corrected chi connectivity index (χ0v) is 7.01. The van der Waals surface area contributed by atoms with Crippen molar-refractivity contribution >= 4 is 0 Å². The molecule has 0 aromatic carbocycles. The van der Waals surface area contributed by atoms with Gasteiger partial charge in [0.1, 0.15) is 0 Å². The van der Waals surface area contributed by atoms with E-state index in [0.29, 0.717) is 6.17 Å². The van der Waals surface area contributed by atoms with Gasteiger partial charge in [0.2, 0.25) is 0 Å². The minimum absolute atomic E-state index is 0.328. The van der Waals surface area contributed by atoms with Crippen LogP contribution in [0.25, 0.3) is 0 Å². The summed E-state index contributed by atoms with van der Waals surface area (Å²) in [5.74, 6) is 0.831. The molecule has 0 aliphatic carbocycles. The van der Waals surface area contributed by atoms with Crippen LogP contribution in [0.2, 0.25) is 0 Å². The third-order valence-corrected chi connectivity index (χ3v) is 2.43. The molecule has 1 fully saturated rings. The minimum Gasteiger partial charge on any atom is -0.316 e. The predicted molar refractivity (Wildman–Crippen MR) is 43.6 cm³/mol. The summed E-state index contributed by atoms with van der Waals surface area (Å²) in [5.41, 5.74) is 5.91. The largest absolute Gasteiger partial charge is 0.316 e. The molecule has 0 radical (unpaired) electrons. The molecule has 1 rings (SSSR count). The SMILES string of the molecule is CCN1CCC(C)CC1N. The Morgan fingerprint density at radius 1 is 1.60 bits per heavy atom. The number of piperidine rings is 1. The first-order valence-electron chi connectivity index (χ1n) is 4.23. The number of hydrogen-bond donors (Lipinski definition) is 1. The molecule has 2 N–H and O–H groups in total. The Balaban J connectivity index is 2.36. The quantitative estimate of drug-likeness (QED) is 0.592. The first kappa shape index (κ1) is 8.02. The fourth-order valence-electron chi connectivity index (χ4n) is 1.62. The van der Waals surface area contributed by atoms with Crippen molar-refractivity contribution < 1.29 is 0 Å². The van der Waals surface area contributed by atoms with Crippen LogP contribution in [0.5, 0.6) is 0 Å². The van der Waals surface area contributed by atoms with Gasteiger partial charge in [-0.15, -0.1) is 0 Å². The predicted octanol–water partition coefficient (Wildman–Crippen LogP) is 1.02. The lowest BCUT2D eigenvalue weighted by molar-refractivity contribution is 0.128. The summed E-state index contributed by atoms with van der Waals surface area (Å²) in [6.45, 7) is 6.76. The number of nitrogens with zero attached hydrogens (tertiary/aromatic N) is 1. The Morgan fingerprint density at radius 3 is 2.80 bits per heavy atom. The van der Waals surface area contributed by atoms with E-state index in [0.717, 1.165) is 12.5 Å². The summed E-state index contributed by atoms with van der Waals surface area (Å²) in [5, 5.41) is 0. The van der Waals surface area contributed by atoms with Crippen LogP contribution in [-0.4, -0.2) is 24.2 Å². The third-order valence-electron chi connectivity index (χ3n) is 2.43. The van der Waals surface area contributed by atoms with Crippen molar-refractivity contribution in [1.82, 2.24) is 4.90 Å². The molecule has 2 nitrogen and oxygen atoms in total. The maximum absolute atomic E-state index is 5.91. The Labute approximate surface area is 63.4 Å². The van der Waals surface area contributed by atoms with Crippen LogP contribution in [0.4, 0.5) is 0 Å².